The molecule has 0 N–H and O–H groups in total. The van der Waals surface area contributed by atoms with Crippen molar-refractivity contribution >= 4 is 45.7 Å². The van der Waals surface area contributed by atoms with Crippen molar-refractivity contribution in [3.05, 3.63) is 68.0 Å². The second-order valence-corrected chi connectivity index (χ2v) is 7.57. The van der Waals surface area contributed by atoms with E-state index in [2.05, 4.69) is 4.98 Å². The molecule has 0 spiro atoms. The zero-order valence-corrected chi connectivity index (χ0v) is 14.6. The van der Waals surface area contributed by atoms with Gasteiger partial charge in [-0.15, -0.1) is 11.3 Å². The molecule has 4 rings (SSSR count). The zero-order valence-electron chi connectivity index (χ0n) is 12.2. The summed E-state index contributed by atoms with van der Waals surface area (Å²) in [6.07, 6.45) is 3.33. The third-order valence-corrected chi connectivity index (χ3v) is 5.43. The van der Waals surface area contributed by atoms with Crippen LogP contribution in [0.1, 0.15) is 20.9 Å². The first-order valence-electron chi connectivity index (χ1n) is 7.02. The number of aromatic nitrogens is 3. The Morgan fingerprint density at radius 1 is 1.38 bits per heavy atom. The van der Waals surface area contributed by atoms with Crippen molar-refractivity contribution < 1.29 is 14.3 Å². The Bertz CT molecular complexity index is 1040. The minimum Gasteiger partial charge on any atom is -0.839 e. The van der Waals surface area contributed by atoms with E-state index in [-0.39, 0.29) is 17.4 Å². The van der Waals surface area contributed by atoms with E-state index in [0.29, 0.717) is 22.2 Å². The molecule has 0 aliphatic carbocycles. The molecule has 0 radical (unpaired) electrons. The fraction of sp³-hybridized carbons (Fsp3) is 0.0625. The monoisotopic (exact) mass is 375 g/mol. The van der Waals surface area contributed by atoms with Gasteiger partial charge in [0.1, 0.15) is 12.4 Å². The summed E-state index contributed by atoms with van der Waals surface area (Å²) in [6, 6.07) is 7.14. The summed E-state index contributed by atoms with van der Waals surface area (Å²) in [4.78, 5) is 17.8. The van der Waals surface area contributed by atoms with Crippen molar-refractivity contribution in [1.82, 2.24) is 9.55 Å². The number of imidazole rings is 1. The largest absolute Gasteiger partial charge is 0.839 e. The van der Waals surface area contributed by atoms with Crippen molar-refractivity contribution in [1.29, 1.82) is 0 Å². The van der Waals surface area contributed by atoms with E-state index in [1.807, 2.05) is 17.5 Å². The number of nitrogens with zero attached hydrogens (tertiary/aromatic N) is 3. The van der Waals surface area contributed by atoms with E-state index < -0.39 is 0 Å². The Labute approximate surface area is 150 Å². The predicted molar refractivity (Wildman–Crippen MR) is 91.0 cm³/mol. The molecule has 0 aliphatic rings. The minimum atomic E-state index is -0.322. The van der Waals surface area contributed by atoms with E-state index in [4.69, 9.17) is 11.6 Å². The Morgan fingerprint density at radius 2 is 2.25 bits per heavy atom. The summed E-state index contributed by atoms with van der Waals surface area (Å²) >= 11 is 8.65. The maximum atomic E-state index is 12.8. The van der Waals surface area contributed by atoms with E-state index in [9.17, 15) is 9.90 Å². The zero-order chi connectivity index (χ0) is 16.7. The lowest BCUT2D eigenvalue weighted by Gasteiger charge is -2.03. The molecule has 24 heavy (non-hydrogen) atoms. The second kappa shape index (κ2) is 6.01. The van der Waals surface area contributed by atoms with Gasteiger partial charge in [-0.1, -0.05) is 17.7 Å². The molecule has 0 aromatic carbocycles. The second-order valence-electron chi connectivity index (χ2n) is 5.09. The topological polar surface area (TPSA) is 62.0 Å². The maximum absolute atomic E-state index is 12.8. The van der Waals surface area contributed by atoms with Gasteiger partial charge in [0, 0.05) is 23.2 Å². The minimum absolute atomic E-state index is 0.143. The summed E-state index contributed by atoms with van der Waals surface area (Å²) in [5.74, 6) is -0.599. The Balaban J connectivity index is 1.92. The molecule has 4 aromatic heterocycles. The van der Waals surface area contributed by atoms with E-state index >= 15 is 0 Å². The number of ketones is 1. The molecule has 120 valence electrons. The van der Waals surface area contributed by atoms with Gasteiger partial charge in [-0.05, 0) is 17.5 Å². The SMILES string of the molecule is O=C(c1ccsc1)c1c([O-])[n+]2ccccc2n1Cc1cnc(Cl)s1. The fourth-order valence-electron chi connectivity index (χ4n) is 2.59. The molecule has 0 amide bonds. The van der Waals surface area contributed by atoms with Crippen LogP contribution < -0.4 is 9.51 Å². The molecular formula is C16H10ClN3O2S2. The lowest BCUT2D eigenvalue weighted by Crippen LogP contribution is -2.24. The fourth-order valence-corrected chi connectivity index (χ4v) is 4.20. The molecule has 0 saturated heterocycles. The van der Waals surface area contributed by atoms with Crippen molar-refractivity contribution in [2.75, 3.05) is 0 Å². The average molecular weight is 376 g/mol. The third kappa shape index (κ3) is 2.50. The number of carbonyl (C=O) groups is 1. The summed E-state index contributed by atoms with van der Waals surface area (Å²) in [6.45, 7) is 0.366. The van der Waals surface area contributed by atoms with Crippen LogP contribution >= 0.6 is 34.3 Å². The van der Waals surface area contributed by atoms with Crippen molar-refractivity contribution in [3.8, 4) is 5.88 Å². The lowest BCUT2D eigenvalue weighted by molar-refractivity contribution is -0.582. The first-order chi connectivity index (χ1) is 11.6. The highest BCUT2D eigenvalue weighted by Crippen LogP contribution is 2.24. The van der Waals surface area contributed by atoms with E-state index in [1.165, 1.54) is 27.1 Å². The number of hydrogen-bond donors (Lipinski definition) is 0. The van der Waals surface area contributed by atoms with Crippen LogP contribution in [0.15, 0.2) is 47.4 Å². The molecule has 8 heteroatoms. The molecule has 0 aliphatic heterocycles. The van der Waals surface area contributed by atoms with Crippen LogP contribution in [0, 0.1) is 0 Å². The maximum Gasteiger partial charge on any atom is 0.286 e. The van der Waals surface area contributed by atoms with Crippen LogP contribution in [0.4, 0.5) is 0 Å². The predicted octanol–water partition coefficient (Wildman–Crippen LogP) is 2.75. The number of rotatable bonds is 4. The molecule has 0 saturated carbocycles. The van der Waals surface area contributed by atoms with Gasteiger partial charge in [-0.2, -0.15) is 11.3 Å². The number of thiophene rings is 1. The highest BCUT2D eigenvalue weighted by molar-refractivity contribution is 7.15. The Kier molecular flexibility index (Phi) is 3.84. The summed E-state index contributed by atoms with van der Waals surface area (Å²) in [5, 5.41) is 16.3. The third-order valence-electron chi connectivity index (χ3n) is 3.64. The Hall–Kier alpha value is -2.22. The summed E-state index contributed by atoms with van der Waals surface area (Å²) < 4.78 is 3.65. The van der Waals surface area contributed by atoms with E-state index in [0.717, 1.165) is 4.88 Å². The molecule has 0 atom stereocenters. The van der Waals surface area contributed by atoms with E-state index in [1.54, 1.807) is 34.5 Å². The van der Waals surface area contributed by atoms with Gasteiger partial charge in [-0.3, -0.25) is 4.79 Å². The number of fused-ring (bicyclic) bond motifs is 1. The number of hydrogen-bond acceptors (Lipinski definition) is 5. The van der Waals surface area contributed by atoms with Crippen molar-refractivity contribution in [2.45, 2.75) is 6.54 Å². The highest BCUT2D eigenvalue weighted by Gasteiger charge is 2.27. The van der Waals surface area contributed by atoms with Gasteiger partial charge in [0.2, 0.25) is 11.5 Å². The van der Waals surface area contributed by atoms with Gasteiger partial charge in [0.15, 0.2) is 4.47 Å². The standard InChI is InChI=1S/C16H10ClN3O2S2/c17-16-18-7-11(24-16)8-20-12-3-1-2-5-19(12)15(22)13(20)14(21)10-4-6-23-9-10/h1-7,9H,8H2. The highest BCUT2D eigenvalue weighted by atomic mass is 35.5. The van der Waals surface area contributed by atoms with Crippen LogP contribution in [0.2, 0.25) is 4.47 Å². The number of pyridine rings is 1. The molecule has 5 nitrogen and oxygen atoms in total. The summed E-state index contributed by atoms with van der Waals surface area (Å²) in [7, 11) is 0. The van der Waals surface area contributed by atoms with Crippen LogP contribution in [0.25, 0.3) is 5.65 Å². The summed E-state index contributed by atoms with van der Waals surface area (Å²) in [5.41, 5.74) is 1.32. The smallest absolute Gasteiger partial charge is 0.286 e. The van der Waals surface area contributed by atoms with Crippen LogP contribution in [0.3, 0.4) is 0 Å². The van der Waals surface area contributed by atoms with Gasteiger partial charge in [0.05, 0.1) is 11.1 Å². The van der Waals surface area contributed by atoms with Crippen LogP contribution in [-0.2, 0) is 6.54 Å². The normalized spacial score (nSPS) is 11.2. The molecule has 0 unspecified atom stereocenters. The van der Waals surface area contributed by atoms with Gasteiger partial charge >= 0.3 is 0 Å². The molecular weight excluding hydrogens is 366 g/mol. The van der Waals surface area contributed by atoms with Crippen molar-refractivity contribution in [2.24, 2.45) is 0 Å². The molecule has 0 bridgehead atoms. The molecule has 4 aromatic rings. The van der Waals surface area contributed by atoms with Gasteiger partial charge < -0.3 is 5.11 Å². The Morgan fingerprint density at radius 3 is 2.96 bits per heavy atom. The van der Waals surface area contributed by atoms with Crippen LogP contribution in [0.5, 0.6) is 5.88 Å². The number of thiazole rings is 1. The van der Waals surface area contributed by atoms with Crippen LogP contribution in [-0.4, -0.2) is 15.3 Å². The number of halogens is 1. The molecule has 0 fully saturated rings. The van der Waals surface area contributed by atoms with Gasteiger partial charge in [-0.25, -0.2) is 14.0 Å². The lowest BCUT2D eigenvalue weighted by atomic mass is 10.1. The van der Waals surface area contributed by atoms with Crippen molar-refractivity contribution in [3.63, 3.8) is 0 Å². The molecule has 4 heterocycles. The number of carbonyl (C=O) groups excluding carboxylic acids is 1. The first-order valence-corrected chi connectivity index (χ1v) is 9.16. The first kappa shape index (κ1) is 15.3. The average Bonchev–Trinajstić information content (AvgIpc) is 3.30. The quantitative estimate of drug-likeness (QED) is 0.407. The van der Waals surface area contributed by atoms with Gasteiger partial charge in [0.25, 0.3) is 5.65 Å².